The van der Waals surface area contributed by atoms with E-state index in [1.54, 1.807) is 23.0 Å². The first kappa shape index (κ1) is 10.8. The predicted molar refractivity (Wildman–Crippen MR) is 63.1 cm³/mol. The molecule has 6 heteroatoms. The van der Waals surface area contributed by atoms with Gasteiger partial charge in [-0.3, -0.25) is 9.48 Å². The third-order valence-electron chi connectivity index (χ3n) is 2.68. The van der Waals surface area contributed by atoms with Crippen molar-refractivity contribution in [1.82, 2.24) is 20.1 Å². The maximum Gasteiger partial charge on any atom is 0.269 e. The molecule has 1 N–H and O–H groups in total. The lowest BCUT2D eigenvalue weighted by molar-refractivity contribution is 0.0924. The van der Waals surface area contributed by atoms with Crippen molar-refractivity contribution < 1.29 is 9.53 Å². The van der Waals surface area contributed by atoms with Crippen LogP contribution in [0.4, 0.5) is 0 Å². The fourth-order valence-electron chi connectivity index (χ4n) is 1.84. The Balaban J connectivity index is 1.72. The number of pyridine rings is 1. The van der Waals surface area contributed by atoms with Gasteiger partial charge in [0.25, 0.3) is 5.91 Å². The summed E-state index contributed by atoms with van der Waals surface area (Å²) in [4.78, 5) is 15.6. The molecule has 0 fully saturated rings. The lowest BCUT2D eigenvalue weighted by atomic mass is 10.3. The first-order chi connectivity index (χ1) is 8.83. The van der Waals surface area contributed by atoms with Gasteiger partial charge >= 0.3 is 0 Å². The molecule has 0 radical (unpaired) electrons. The second kappa shape index (κ2) is 4.48. The lowest BCUT2D eigenvalue weighted by Crippen LogP contribution is -2.35. The third kappa shape index (κ3) is 2.04. The average Bonchev–Trinajstić information content (AvgIpc) is 2.82. The van der Waals surface area contributed by atoms with Crippen LogP contribution in [0.25, 0.3) is 0 Å². The molecule has 2 aromatic heterocycles. The molecule has 1 aliphatic heterocycles. The van der Waals surface area contributed by atoms with E-state index in [0.29, 0.717) is 31.3 Å². The molecule has 92 valence electrons. The van der Waals surface area contributed by atoms with Gasteiger partial charge in [0.15, 0.2) is 0 Å². The van der Waals surface area contributed by atoms with Gasteiger partial charge in [0.2, 0.25) is 5.88 Å². The highest BCUT2D eigenvalue weighted by molar-refractivity contribution is 5.93. The van der Waals surface area contributed by atoms with E-state index in [4.69, 9.17) is 4.74 Å². The molecular formula is C12H12N4O2. The molecule has 0 unspecified atom stereocenters. The summed E-state index contributed by atoms with van der Waals surface area (Å²) >= 11 is 0. The summed E-state index contributed by atoms with van der Waals surface area (Å²) in [6, 6.07) is 7.21. The summed E-state index contributed by atoms with van der Waals surface area (Å²) in [7, 11) is 0. The Labute approximate surface area is 104 Å². The zero-order chi connectivity index (χ0) is 12.4. The van der Waals surface area contributed by atoms with Crippen molar-refractivity contribution in [2.75, 3.05) is 6.54 Å². The SMILES string of the molecule is O=C1NCCn2nc(COc3ccccn3)cc21. The van der Waals surface area contributed by atoms with Crippen LogP contribution in [0.1, 0.15) is 16.2 Å². The van der Waals surface area contributed by atoms with Crippen LogP contribution in [0.3, 0.4) is 0 Å². The first-order valence-corrected chi connectivity index (χ1v) is 5.72. The van der Waals surface area contributed by atoms with Crippen molar-refractivity contribution in [3.63, 3.8) is 0 Å². The highest BCUT2D eigenvalue weighted by Crippen LogP contribution is 2.11. The Hall–Kier alpha value is -2.37. The summed E-state index contributed by atoms with van der Waals surface area (Å²) in [6.45, 7) is 1.63. The number of carbonyl (C=O) groups is 1. The van der Waals surface area contributed by atoms with Gasteiger partial charge in [-0.2, -0.15) is 5.10 Å². The van der Waals surface area contributed by atoms with Crippen LogP contribution < -0.4 is 10.1 Å². The second-order valence-corrected chi connectivity index (χ2v) is 3.96. The summed E-state index contributed by atoms with van der Waals surface area (Å²) < 4.78 is 7.19. The number of nitrogens with zero attached hydrogens (tertiary/aromatic N) is 3. The number of ether oxygens (including phenoxy) is 1. The number of hydrogen-bond acceptors (Lipinski definition) is 4. The second-order valence-electron chi connectivity index (χ2n) is 3.96. The largest absolute Gasteiger partial charge is 0.471 e. The van der Waals surface area contributed by atoms with Crippen LogP contribution >= 0.6 is 0 Å². The topological polar surface area (TPSA) is 69.0 Å². The number of fused-ring (bicyclic) bond motifs is 1. The Kier molecular flexibility index (Phi) is 2.68. The van der Waals surface area contributed by atoms with Gasteiger partial charge in [0, 0.05) is 18.8 Å². The van der Waals surface area contributed by atoms with E-state index in [-0.39, 0.29) is 5.91 Å². The van der Waals surface area contributed by atoms with Crippen molar-refractivity contribution in [3.8, 4) is 5.88 Å². The molecule has 1 aliphatic rings. The van der Waals surface area contributed by atoms with E-state index in [0.717, 1.165) is 5.69 Å². The van der Waals surface area contributed by atoms with E-state index in [1.165, 1.54) is 0 Å². The van der Waals surface area contributed by atoms with E-state index < -0.39 is 0 Å². The van der Waals surface area contributed by atoms with Gasteiger partial charge in [-0.05, 0) is 12.1 Å². The highest BCUT2D eigenvalue weighted by atomic mass is 16.5. The van der Waals surface area contributed by atoms with Crippen molar-refractivity contribution in [2.45, 2.75) is 13.2 Å². The number of hydrogen-bond donors (Lipinski definition) is 1. The standard InChI is InChI=1S/C12H12N4O2/c17-12-10-7-9(15-16(10)6-5-14-12)8-18-11-3-1-2-4-13-11/h1-4,7H,5-6,8H2,(H,14,17). The fraction of sp³-hybridized carbons (Fsp3) is 0.250. The smallest absolute Gasteiger partial charge is 0.269 e. The van der Waals surface area contributed by atoms with Crippen LogP contribution in [0, 0.1) is 0 Å². The monoisotopic (exact) mass is 244 g/mol. The fourth-order valence-corrected chi connectivity index (χ4v) is 1.84. The van der Waals surface area contributed by atoms with Gasteiger partial charge in [-0.15, -0.1) is 0 Å². The van der Waals surface area contributed by atoms with Gasteiger partial charge in [-0.25, -0.2) is 4.98 Å². The quantitative estimate of drug-likeness (QED) is 0.858. The van der Waals surface area contributed by atoms with Crippen LogP contribution in [0.15, 0.2) is 30.5 Å². The van der Waals surface area contributed by atoms with Crippen LogP contribution in [-0.4, -0.2) is 27.2 Å². The molecule has 0 bridgehead atoms. The molecule has 3 heterocycles. The Bertz CT molecular complexity index is 565. The zero-order valence-electron chi connectivity index (χ0n) is 9.67. The molecular weight excluding hydrogens is 232 g/mol. The van der Waals surface area contributed by atoms with Crippen LogP contribution in [0.5, 0.6) is 5.88 Å². The Morgan fingerprint density at radius 2 is 2.39 bits per heavy atom. The molecule has 1 amide bonds. The summed E-state index contributed by atoms with van der Waals surface area (Å²) in [6.07, 6.45) is 1.67. The van der Waals surface area contributed by atoms with Gasteiger partial charge in [-0.1, -0.05) is 6.07 Å². The predicted octanol–water partition coefficient (Wildman–Crippen LogP) is 0.600. The summed E-state index contributed by atoms with van der Waals surface area (Å²) in [5.74, 6) is 0.464. The number of nitrogens with one attached hydrogen (secondary N) is 1. The van der Waals surface area contributed by atoms with Gasteiger partial charge in [0.1, 0.15) is 18.0 Å². The minimum Gasteiger partial charge on any atom is -0.471 e. The molecule has 0 aliphatic carbocycles. The van der Waals surface area contributed by atoms with E-state index in [1.807, 2.05) is 12.1 Å². The normalized spacial score (nSPS) is 13.9. The van der Waals surface area contributed by atoms with Crippen molar-refractivity contribution >= 4 is 5.91 Å². The summed E-state index contributed by atoms with van der Waals surface area (Å²) in [5, 5.41) is 7.09. The minimum absolute atomic E-state index is 0.0853. The van der Waals surface area contributed by atoms with E-state index in [9.17, 15) is 4.79 Å². The number of carbonyl (C=O) groups excluding carboxylic acids is 1. The van der Waals surface area contributed by atoms with Gasteiger partial charge < -0.3 is 10.1 Å². The summed E-state index contributed by atoms with van der Waals surface area (Å²) in [5.41, 5.74) is 1.31. The lowest BCUT2D eigenvalue weighted by Gasteiger charge is -2.13. The first-order valence-electron chi connectivity index (χ1n) is 5.72. The third-order valence-corrected chi connectivity index (χ3v) is 2.68. The van der Waals surface area contributed by atoms with Crippen molar-refractivity contribution in [1.29, 1.82) is 0 Å². The molecule has 0 aromatic carbocycles. The van der Waals surface area contributed by atoms with E-state index >= 15 is 0 Å². The molecule has 3 rings (SSSR count). The molecule has 0 atom stereocenters. The molecule has 0 saturated carbocycles. The molecule has 0 saturated heterocycles. The van der Waals surface area contributed by atoms with Crippen LogP contribution in [-0.2, 0) is 13.2 Å². The van der Waals surface area contributed by atoms with Crippen molar-refractivity contribution in [2.24, 2.45) is 0 Å². The number of amides is 1. The Morgan fingerprint density at radius 3 is 3.17 bits per heavy atom. The zero-order valence-corrected chi connectivity index (χ0v) is 9.67. The van der Waals surface area contributed by atoms with Crippen LogP contribution in [0.2, 0.25) is 0 Å². The molecule has 6 nitrogen and oxygen atoms in total. The number of rotatable bonds is 3. The Morgan fingerprint density at radius 1 is 1.44 bits per heavy atom. The van der Waals surface area contributed by atoms with Gasteiger partial charge in [0.05, 0.1) is 6.54 Å². The molecule has 18 heavy (non-hydrogen) atoms. The maximum absolute atomic E-state index is 11.5. The average molecular weight is 244 g/mol. The van der Waals surface area contributed by atoms with E-state index in [2.05, 4.69) is 15.4 Å². The number of aromatic nitrogens is 3. The maximum atomic E-state index is 11.5. The highest BCUT2D eigenvalue weighted by Gasteiger charge is 2.19. The molecule has 0 spiro atoms. The molecule has 2 aromatic rings. The van der Waals surface area contributed by atoms with Crippen molar-refractivity contribution in [3.05, 3.63) is 41.9 Å². The minimum atomic E-state index is -0.0853.